The summed E-state index contributed by atoms with van der Waals surface area (Å²) in [7, 11) is 0. The third-order valence-corrected chi connectivity index (χ3v) is 3.40. The molecule has 1 N–H and O–H groups in total. The van der Waals surface area contributed by atoms with Crippen molar-refractivity contribution in [3.8, 4) is 0 Å². The van der Waals surface area contributed by atoms with Crippen LogP contribution in [0.1, 0.15) is 36.2 Å². The Hall–Kier alpha value is -2.69. The molecule has 0 saturated heterocycles. The van der Waals surface area contributed by atoms with Gasteiger partial charge in [-0.2, -0.15) is 0 Å². The molecule has 1 aliphatic carbocycles. The molecule has 5 nitrogen and oxygen atoms in total. The number of hydrogen-bond acceptors (Lipinski definition) is 5. The van der Waals surface area contributed by atoms with Gasteiger partial charge in [-0.25, -0.2) is 4.79 Å². The van der Waals surface area contributed by atoms with Gasteiger partial charge in [-0.1, -0.05) is 30.3 Å². The molecule has 0 unspecified atom stereocenters. The number of allylic oxidation sites excluding steroid dienone is 2. The Balaban J connectivity index is 2.35. The lowest BCUT2D eigenvalue weighted by molar-refractivity contribution is -0.138. The van der Waals surface area contributed by atoms with Gasteiger partial charge in [0.2, 0.25) is 11.6 Å². The van der Waals surface area contributed by atoms with E-state index in [2.05, 4.69) is 0 Å². The maximum absolute atomic E-state index is 12.1. The average Bonchev–Trinajstić information content (AvgIpc) is 2.52. The summed E-state index contributed by atoms with van der Waals surface area (Å²) < 4.78 is 4.84. The first-order valence-corrected chi connectivity index (χ1v) is 6.91. The zero-order valence-corrected chi connectivity index (χ0v) is 12.4. The second kappa shape index (κ2) is 6.39. The van der Waals surface area contributed by atoms with Crippen LogP contribution in [0.25, 0.3) is 5.76 Å². The maximum Gasteiger partial charge on any atom is 0.333 e. The number of hydrogen-bond donors (Lipinski definition) is 1. The normalized spacial score (nSPS) is 14.9. The number of esters is 1. The highest BCUT2D eigenvalue weighted by atomic mass is 16.5. The van der Waals surface area contributed by atoms with Crippen LogP contribution in [0.3, 0.4) is 0 Å². The number of fused-ring (bicyclic) bond motifs is 1. The summed E-state index contributed by atoms with van der Waals surface area (Å²) in [6.07, 6.45) is 1.47. The smallest absolute Gasteiger partial charge is 0.333 e. The molecule has 0 heterocycles. The summed E-state index contributed by atoms with van der Waals surface area (Å²) in [6.45, 7) is 3.50. The Morgan fingerprint density at radius 1 is 1.18 bits per heavy atom. The van der Waals surface area contributed by atoms with Gasteiger partial charge in [0.25, 0.3) is 0 Å². The first-order valence-electron chi connectivity index (χ1n) is 6.91. The summed E-state index contributed by atoms with van der Waals surface area (Å²) in [6, 6.07) is 6.39. The summed E-state index contributed by atoms with van der Waals surface area (Å²) >= 11 is 0. The monoisotopic (exact) mass is 300 g/mol. The minimum Gasteiger partial charge on any atom is -0.507 e. The molecule has 0 spiro atoms. The lowest BCUT2D eigenvalue weighted by atomic mass is 9.87. The molecule has 0 fully saturated rings. The molecular formula is C17H16O5. The van der Waals surface area contributed by atoms with Gasteiger partial charge in [0.1, 0.15) is 5.76 Å². The van der Waals surface area contributed by atoms with Gasteiger partial charge in [0, 0.05) is 22.3 Å². The van der Waals surface area contributed by atoms with Crippen LogP contribution in [-0.2, 0) is 14.3 Å². The van der Waals surface area contributed by atoms with Crippen molar-refractivity contribution in [1.82, 2.24) is 0 Å². The van der Waals surface area contributed by atoms with Crippen LogP contribution < -0.4 is 0 Å². The van der Waals surface area contributed by atoms with E-state index in [-0.39, 0.29) is 29.9 Å². The van der Waals surface area contributed by atoms with Crippen LogP contribution in [0.15, 0.2) is 41.5 Å². The molecule has 2 rings (SSSR count). The third kappa shape index (κ3) is 2.83. The minimum absolute atomic E-state index is 0.00457. The van der Waals surface area contributed by atoms with Crippen molar-refractivity contribution in [3.63, 3.8) is 0 Å². The molecule has 0 bridgehead atoms. The standard InChI is InChI=1S/C17H16O5/c1-3-22-17(21)10(2)8-9-13-14(18)11-6-4-5-7-12(11)15(19)16(13)20/h4-8,18H,3,9H2,1-2H3/b10-8-. The Morgan fingerprint density at radius 3 is 2.45 bits per heavy atom. The zero-order chi connectivity index (χ0) is 16.3. The number of carbonyl (C=O) groups excluding carboxylic acids is 3. The predicted octanol–water partition coefficient (Wildman–Crippen LogP) is 2.62. The molecule has 5 heteroatoms. The van der Waals surface area contributed by atoms with Gasteiger partial charge >= 0.3 is 5.97 Å². The lowest BCUT2D eigenvalue weighted by Gasteiger charge is -2.16. The highest BCUT2D eigenvalue weighted by molar-refractivity contribution is 6.52. The second-order valence-corrected chi connectivity index (χ2v) is 4.84. The number of aliphatic hydroxyl groups is 1. The van der Waals surface area contributed by atoms with Crippen LogP contribution in [0, 0.1) is 0 Å². The van der Waals surface area contributed by atoms with Crippen molar-refractivity contribution in [1.29, 1.82) is 0 Å². The molecule has 0 aromatic heterocycles. The fourth-order valence-electron chi connectivity index (χ4n) is 2.19. The van der Waals surface area contributed by atoms with E-state index in [1.807, 2.05) is 0 Å². The largest absolute Gasteiger partial charge is 0.507 e. The van der Waals surface area contributed by atoms with Crippen molar-refractivity contribution >= 4 is 23.3 Å². The molecule has 0 radical (unpaired) electrons. The SMILES string of the molecule is CCOC(=O)/C(C)=C\CC1=C(O)c2ccccc2C(=O)C1=O. The second-order valence-electron chi connectivity index (χ2n) is 4.84. The zero-order valence-electron chi connectivity index (χ0n) is 12.4. The Morgan fingerprint density at radius 2 is 1.82 bits per heavy atom. The van der Waals surface area contributed by atoms with Crippen molar-refractivity contribution in [3.05, 3.63) is 52.6 Å². The Kier molecular flexibility index (Phi) is 4.56. The molecule has 0 aliphatic heterocycles. The van der Waals surface area contributed by atoms with E-state index in [9.17, 15) is 19.5 Å². The molecule has 1 aliphatic rings. The first-order chi connectivity index (χ1) is 10.5. The fourth-order valence-corrected chi connectivity index (χ4v) is 2.19. The summed E-state index contributed by atoms with van der Waals surface area (Å²) in [5.74, 6) is -2.10. The van der Waals surface area contributed by atoms with Gasteiger partial charge in [-0.15, -0.1) is 0 Å². The van der Waals surface area contributed by atoms with Gasteiger partial charge < -0.3 is 9.84 Å². The number of aliphatic hydroxyl groups excluding tert-OH is 1. The molecule has 0 amide bonds. The van der Waals surface area contributed by atoms with Gasteiger partial charge in [0.15, 0.2) is 0 Å². The number of rotatable bonds is 4. The van der Waals surface area contributed by atoms with Crippen molar-refractivity contribution < 1.29 is 24.2 Å². The number of ether oxygens (including phenoxy) is 1. The number of ketones is 2. The topological polar surface area (TPSA) is 80.7 Å². The third-order valence-electron chi connectivity index (χ3n) is 3.40. The van der Waals surface area contributed by atoms with E-state index < -0.39 is 17.5 Å². The quantitative estimate of drug-likeness (QED) is 0.525. The number of carbonyl (C=O) groups is 3. The molecule has 0 saturated carbocycles. The molecule has 1 aromatic carbocycles. The number of Topliss-reactive ketones (excluding diaryl/α,β-unsaturated/α-hetero) is 2. The minimum atomic E-state index is -0.746. The summed E-state index contributed by atoms with van der Waals surface area (Å²) in [4.78, 5) is 35.7. The fraction of sp³-hybridized carbons (Fsp3) is 0.235. The molecular weight excluding hydrogens is 284 g/mol. The van der Waals surface area contributed by atoms with Crippen LogP contribution >= 0.6 is 0 Å². The number of benzene rings is 1. The van der Waals surface area contributed by atoms with E-state index in [4.69, 9.17) is 4.74 Å². The maximum atomic E-state index is 12.1. The van der Waals surface area contributed by atoms with E-state index in [0.717, 1.165) is 0 Å². The predicted molar refractivity (Wildman–Crippen MR) is 80.3 cm³/mol. The van der Waals surface area contributed by atoms with E-state index in [0.29, 0.717) is 11.1 Å². The highest BCUT2D eigenvalue weighted by Gasteiger charge is 2.31. The van der Waals surface area contributed by atoms with E-state index in [1.54, 1.807) is 32.0 Å². The first kappa shape index (κ1) is 15.7. The Bertz CT molecular complexity index is 710. The summed E-state index contributed by atoms with van der Waals surface area (Å²) in [5.41, 5.74) is 0.845. The van der Waals surface area contributed by atoms with Crippen molar-refractivity contribution in [2.75, 3.05) is 6.61 Å². The average molecular weight is 300 g/mol. The van der Waals surface area contributed by atoms with E-state index >= 15 is 0 Å². The molecule has 22 heavy (non-hydrogen) atoms. The van der Waals surface area contributed by atoms with Gasteiger partial charge in [-0.3, -0.25) is 9.59 Å². The summed E-state index contributed by atoms with van der Waals surface area (Å²) in [5, 5.41) is 10.2. The Labute approximate surface area is 127 Å². The van der Waals surface area contributed by atoms with Gasteiger partial charge in [-0.05, 0) is 20.3 Å². The lowest BCUT2D eigenvalue weighted by Crippen LogP contribution is -2.23. The van der Waals surface area contributed by atoms with Crippen LogP contribution in [0.5, 0.6) is 0 Å². The molecule has 0 atom stereocenters. The molecule has 1 aromatic rings. The van der Waals surface area contributed by atoms with Crippen LogP contribution in [0.4, 0.5) is 0 Å². The molecule has 114 valence electrons. The highest BCUT2D eigenvalue weighted by Crippen LogP contribution is 2.29. The van der Waals surface area contributed by atoms with E-state index in [1.165, 1.54) is 12.1 Å². The van der Waals surface area contributed by atoms with Crippen molar-refractivity contribution in [2.45, 2.75) is 20.3 Å². The van der Waals surface area contributed by atoms with Crippen LogP contribution in [-0.4, -0.2) is 29.2 Å². The van der Waals surface area contributed by atoms with Crippen molar-refractivity contribution in [2.24, 2.45) is 0 Å². The van der Waals surface area contributed by atoms with Gasteiger partial charge in [0.05, 0.1) is 6.61 Å². The van der Waals surface area contributed by atoms with Crippen LogP contribution in [0.2, 0.25) is 0 Å².